The zero-order chi connectivity index (χ0) is 18.5. The lowest BCUT2D eigenvalue weighted by Crippen LogP contribution is -1.85. The minimum absolute atomic E-state index is 0.0965. The second kappa shape index (κ2) is 7.57. The summed E-state index contributed by atoms with van der Waals surface area (Å²) in [4.78, 5) is 8.46. The van der Waals surface area contributed by atoms with Crippen LogP contribution in [0.1, 0.15) is 11.1 Å². The van der Waals surface area contributed by atoms with Crippen molar-refractivity contribution in [1.82, 2.24) is 0 Å². The Bertz CT molecular complexity index is 920. The Morgan fingerprint density at radius 3 is 1.50 bits per heavy atom. The molecule has 0 aliphatic rings. The number of rotatable bonds is 4. The number of phenols is 2. The zero-order valence-electron chi connectivity index (χ0n) is 13.5. The Kier molecular flexibility index (Phi) is 5.03. The van der Waals surface area contributed by atoms with E-state index >= 15 is 0 Å². The molecular formula is C20H14F2N2O2. The van der Waals surface area contributed by atoms with Crippen LogP contribution in [0.4, 0.5) is 20.2 Å². The number of hydrogen-bond donors (Lipinski definition) is 2. The van der Waals surface area contributed by atoms with Crippen LogP contribution >= 0.6 is 0 Å². The third kappa shape index (κ3) is 4.10. The molecule has 0 unspecified atom stereocenters. The van der Waals surface area contributed by atoms with Gasteiger partial charge < -0.3 is 10.2 Å². The van der Waals surface area contributed by atoms with Crippen molar-refractivity contribution in [2.45, 2.75) is 0 Å². The van der Waals surface area contributed by atoms with Gasteiger partial charge in [-0.3, -0.25) is 9.98 Å². The monoisotopic (exact) mass is 352 g/mol. The molecule has 0 aromatic heterocycles. The van der Waals surface area contributed by atoms with Gasteiger partial charge in [0.1, 0.15) is 23.1 Å². The third-order valence-corrected chi connectivity index (χ3v) is 3.55. The van der Waals surface area contributed by atoms with E-state index in [1.165, 1.54) is 24.6 Å². The second-order valence-corrected chi connectivity index (χ2v) is 5.41. The van der Waals surface area contributed by atoms with Crippen LogP contribution in [-0.4, -0.2) is 22.6 Å². The lowest BCUT2D eigenvalue weighted by Gasteiger charge is -2.02. The summed E-state index contributed by atoms with van der Waals surface area (Å²) in [6.07, 6.45) is 2.65. The van der Waals surface area contributed by atoms with Crippen molar-refractivity contribution >= 4 is 23.8 Å². The SMILES string of the molecule is Oc1ccc(F)cc1C=Nc1ccccc1N=Cc1cc(F)ccc1O. The Labute approximate surface area is 148 Å². The van der Waals surface area contributed by atoms with Crippen molar-refractivity contribution in [2.24, 2.45) is 9.98 Å². The third-order valence-electron chi connectivity index (χ3n) is 3.55. The van der Waals surface area contributed by atoms with E-state index in [0.29, 0.717) is 11.4 Å². The van der Waals surface area contributed by atoms with Gasteiger partial charge in [-0.15, -0.1) is 0 Å². The van der Waals surface area contributed by atoms with Crippen LogP contribution in [0, 0.1) is 11.6 Å². The van der Waals surface area contributed by atoms with Crippen LogP contribution < -0.4 is 0 Å². The average Bonchev–Trinajstić information content (AvgIpc) is 2.64. The summed E-state index contributed by atoms with van der Waals surface area (Å²) >= 11 is 0. The van der Waals surface area contributed by atoms with Gasteiger partial charge in [0.25, 0.3) is 0 Å². The molecule has 0 radical (unpaired) electrons. The summed E-state index contributed by atoms with van der Waals surface area (Å²) in [6.45, 7) is 0. The van der Waals surface area contributed by atoms with E-state index in [1.807, 2.05) is 0 Å². The van der Waals surface area contributed by atoms with E-state index in [9.17, 15) is 19.0 Å². The molecule has 0 saturated heterocycles. The minimum Gasteiger partial charge on any atom is -0.507 e. The van der Waals surface area contributed by atoms with Crippen LogP contribution in [0.25, 0.3) is 0 Å². The summed E-state index contributed by atoms with van der Waals surface area (Å²) in [5.74, 6) is -1.17. The maximum absolute atomic E-state index is 13.3. The summed E-state index contributed by atoms with van der Waals surface area (Å²) in [5, 5.41) is 19.5. The Balaban J connectivity index is 1.91. The summed E-state index contributed by atoms with van der Waals surface area (Å²) in [7, 11) is 0. The molecule has 3 rings (SSSR count). The van der Waals surface area contributed by atoms with Crippen LogP contribution in [-0.2, 0) is 0 Å². The molecule has 130 valence electrons. The van der Waals surface area contributed by atoms with Crippen LogP contribution in [0.15, 0.2) is 70.6 Å². The first-order chi connectivity index (χ1) is 12.5. The first kappa shape index (κ1) is 17.3. The fourth-order valence-electron chi connectivity index (χ4n) is 2.22. The maximum Gasteiger partial charge on any atom is 0.124 e. The number of phenolic OH excluding ortho intramolecular Hbond substituents is 2. The molecule has 4 nitrogen and oxygen atoms in total. The molecule has 0 spiro atoms. The van der Waals surface area contributed by atoms with Gasteiger partial charge in [-0.25, -0.2) is 8.78 Å². The van der Waals surface area contributed by atoms with E-state index in [2.05, 4.69) is 9.98 Å². The van der Waals surface area contributed by atoms with E-state index < -0.39 is 11.6 Å². The maximum atomic E-state index is 13.3. The van der Waals surface area contributed by atoms with Crippen molar-refractivity contribution in [2.75, 3.05) is 0 Å². The fourth-order valence-corrected chi connectivity index (χ4v) is 2.22. The van der Waals surface area contributed by atoms with Crippen molar-refractivity contribution in [3.8, 4) is 11.5 Å². The number of hydrogen-bond acceptors (Lipinski definition) is 4. The molecule has 3 aromatic carbocycles. The summed E-state index contributed by atoms with van der Waals surface area (Å²) < 4.78 is 26.6. The van der Waals surface area contributed by atoms with Gasteiger partial charge in [0.15, 0.2) is 0 Å². The highest BCUT2D eigenvalue weighted by Crippen LogP contribution is 2.28. The van der Waals surface area contributed by atoms with Crippen molar-refractivity contribution < 1.29 is 19.0 Å². The molecular weight excluding hydrogens is 338 g/mol. The minimum atomic E-state index is -0.489. The highest BCUT2D eigenvalue weighted by Gasteiger charge is 2.03. The highest BCUT2D eigenvalue weighted by atomic mass is 19.1. The van der Waals surface area contributed by atoms with Gasteiger partial charge in [0.2, 0.25) is 0 Å². The molecule has 2 N–H and O–H groups in total. The molecule has 26 heavy (non-hydrogen) atoms. The van der Waals surface area contributed by atoms with E-state index in [-0.39, 0.29) is 22.6 Å². The highest BCUT2D eigenvalue weighted by molar-refractivity contribution is 5.89. The quantitative estimate of drug-likeness (QED) is 0.658. The number of benzene rings is 3. The molecule has 0 saturated carbocycles. The van der Waals surface area contributed by atoms with Crippen molar-refractivity contribution in [3.63, 3.8) is 0 Å². The van der Waals surface area contributed by atoms with E-state index in [1.54, 1.807) is 24.3 Å². The lowest BCUT2D eigenvalue weighted by molar-refractivity contribution is 0.471. The summed E-state index contributed by atoms with van der Waals surface area (Å²) in [5.41, 5.74) is 1.38. The fraction of sp³-hybridized carbons (Fsp3) is 0. The molecule has 0 aliphatic carbocycles. The molecule has 6 heteroatoms. The van der Waals surface area contributed by atoms with Gasteiger partial charge in [0.05, 0.1) is 11.4 Å². The Hall–Kier alpha value is -3.54. The molecule has 0 amide bonds. The predicted octanol–water partition coefficient (Wildman–Crippen LogP) is 4.88. The van der Waals surface area contributed by atoms with Crippen LogP contribution in [0.2, 0.25) is 0 Å². The number of para-hydroxylation sites is 2. The molecule has 3 aromatic rings. The smallest absolute Gasteiger partial charge is 0.124 e. The zero-order valence-corrected chi connectivity index (χ0v) is 13.5. The Morgan fingerprint density at radius 1 is 0.654 bits per heavy atom. The predicted molar refractivity (Wildman–Crippen MR) is 97.1 cm³/mol. The first-order valence-corrected chi connectivity index (χ1v) is 7.67. The van der Waals surface area contributed by atoms with Crippen LogP contribution in [0.3, 0.4) is 0 Å². The largest absolute Gasteiger partial charge is 0.507 e. The van der Waals surface area contributed by atoms with Gasteiger partial charge in [0, 0.05) is 23.6 Å². The molecule has 0 heterocycles. The van der Waals surface area contributed by atoms with E-state index in [4.69, 9.17) is 0 Å². The number of aromatic hydroxyl groups is 2. The topological polar surface area (TPSA) is 65.2 Å². The second-order valence-electron chi connectivity index (χ2n) is 5.41. The van der Waals surface area contributed by atoms with Gasteiger partial charge >= 0.3 is 0 Å². The average molecular weight is 352 g/mol. The van der Waals surface area contributed by atoms with Crippen molar-refractivity contribution in [3.05, 3.63) is 83.4 Å². The summed E-state index contributed by atoms with van der Waals surface area (Å²) in [6, 6.07) is 14.0. The Morgan fingerprint density at radius 2 is 1.08 bits per heavy atom. The van der Waals surface area contributed by atoms with E-state index in [0.717, 1.165) is 24.3 Å². The van der Waals surface area contributed by atoms with Crippen molar-refractivity contribution in [1.29, 1.82) is 0 Å². The molecule has 0 aliphatic heterocycles. The lowest BCUT2D eigenvalue weighted by atomic mass is 10.2. The van der Waals surface area contributed by atoms with Gasteiger partial charge in [-0.2, -0.15) is 0 Å². The normalized spacial score (nSPS) is 11.5. The molecule has 0 bridgehead atoms. The first-order valence-electron chi connectivity index (χ1n) is 7.67. The van der Waals surface area contributed by atoms with Gasteiger partial charge in [-0.1, -0.05) is 12.1 Å². The van der Waals surface area contributed by atoms with Gasteiger partial charge in [-0.05, 0) is 48.5 Å². The van der Waals surface area contributed by atoms with Crippen LogP contribution in [0.5, 0.6) is 11.5 Å². The number of halogens is 2. The standard InChI is InChI=1S/C20H14F2N2O2/c21-15-5-7-19(25)13(9-15)11-23-17-3-1-2-4-18(17)24-12-14-10-16(22)6-8-20(14)26/h1-12,25-26H. The molecule has 0 atom stereocenters. The number of aliphatic imine (C=N–C) groups is 2. The molecule has 0 fully saturated rings. The number of nitrogens with zero attached hydrogens (tertiary/aromatic N) is 2.